The third-order valence-electron chi connectivity index (χ3n) is 3.26. The highest BCUT2D eigenvalue weighted by molar-refractivity contribution is 9.10. The van der Waals surface area contributed by atoms with Gasteiger partial charge in [0.05, 0.1) is 4.47 Å². The van der Waals surface area contributed by atoms with E-state index in [0.717, 1.165) is 5.56 Å². The van der Waals surface area contributed by atoms with Crippen molar-refractivity contribution in [2.45, 2.75) is 19.1 Å². The number of hydrogen-bond donors (Lipinski definition) is 2. The van der Waals surface area contributed by atoms with Gasteiger partial charge in [0.1, 0.15) is 18.5 Å². The number of halogens is 2. The minimum atomic E-state index is -1.23. The second-order valence-electron chi connectivity index (χ2n) is 5.01. The maximum Gasteiger partial charge on any atom is 0.408 e. The van der Waals surface area contributed by atoms with Crippen LogP contribution in [0.5, 0.6) is 0 Å². The highest BCUT2D eigenvalue weighted by Crippen LogP contribution is 2.21. The number of carbonyl (C=O) groups is 2. The van der Waals surface area contributed by atoms with Gasteiger partial charge in [-0.25, -0.2) is 14.0 Å². The maximum absolute atomic E-state index is 13.5. The van der Waals surface area contributed by atoms with Crippen LogP contribution in [0.25, 0.3) is 0 Å². The Morgan fingerprint density at radius 3 is 2.54 bits per heavy atom. The smallest absolute Gasteiger partial charge is 0.408 e. The van der Waals surface area contributed by atoms with E-state index in [4.69, 9.17) is 4.74 Å². The van der Waals surface area contributed by atoms with Gasteiger partial charge in [-0.2, -0.15) is 0 Å². The lowest BCUT2D eigenvalue weighted by molar-refractivity contribution is -0.139. The molecular weight excluding hydrogens is 381 g/mol. The average molecular weight is 396 g/mol. The van der Waals surface area contributed by atoms with Gasteiger partial charge in [0.2, 0.25) is 0 Å². The summed E-state index contributed by atoms with van der Waals surface area (Å²) < 4.78 is 18.7. The largest absolute Gasteiger partial charge is 0.480 e. The van der Waals surface area contributed by atoms with Crippen molar-refractivity contribution >= 4 is 28.0 Å². The maximum atomic E-state index is 13.5. The van der Waals surface area contributed by atoms with Gasteiger partial charge in [0.25, 0.3) is 0 Å². The van der Waals surface area contributed by atoms with E-state index < -0.39 is 23.9 Å². The predicted molar refractivity (Wildman–Crippen MR) is 89.0 cm³/mol. The molecule has 0 aromatic heterocycles. The van der Waals surface area contributed by atoms with Crippen LogP contribution in [0, 0.1) is 5.82 Å². The molecule has 0 bridgehead atoms. The molecule has 126 valence electrons. The molecule has 1 amide bonds. The molecule has 24 heavy (non-hydrogen) atoms. The van der Waals surface area contributed by atoms with Crippen molar-refractivity contribution in [3.63, 3.8) is 0 Å². The number of benzene rings is 2. The van der Waals surface area contributed by atoms with E-state index in [1.165, 1.54) is 12.1 Å². The standard InChI is InChI=1S/C17H15BrFNO4/c18-15-12(7-4-8-13(15)19)9-14(16(21)22)20-17(23)24-10-11-5-2-1-3-6-11/h1-8,14H,9-10H2,(H,20,23)(H,21,22). The van der Waals surface area contributed by atoms with Gasteiger partial charge in [-0.1, -0.05) is 42.5 Å². The highest BCUT2D eigenvalue weighted by atomic mass is 79.9. The zero-order chi connectivity index (χ0) is 17.5. The Kier molecular flexibility index (Phi) is 6.31. The van der Waals surface area contributed by atoms with Crippen molar-refractivity contribution in [1.82, 2.24) is 5.32 Å². The first-order valence-corrected chi connectivity index (χ1v) is 7.89. The van der Waals surface area contributed by atoms with Gasteiger partial charge in [0, 0.05) is 6.42 Å². The highest BCUT2D eigenvalue weighted by Gasteiger charge is 2.22. The summed E-state index contributed by atoms with van der Waals surface area (Å²) in [5.74, 6) is -1.73. The molecular formula is C17H15BrFNO4. The number of amides is 1. The van der Waals surface area contributed by atoms with E-state index in [-0.39, 0.29) is 17.5 Å². The first-order valence-electron chi connectivity index (χ1n) is 7.10. The van der Waals surface area contributed by atoms with Crippen LogP contribution in [-0.2, 0) is 22.6 Å². The van der Waals surface area contributed by atoms with Gasteiger partial charge >= 0.3 is 12.1 Å². The predicted octanol–water partition coefficient (Wildman–Crippen LogP) is 3.51. The fourth-order valence-electron chi connectivity index (χ4n) is 2.03. The summed E-state index contributed by atoms with van der Waals surface area (Å²) in [4.78, 5) is 23.1. The van der Waals surface area contributed by atoms with Crippen molar-refractivity contribution in [1.29, 1.82) is 0 Å². The molecule has 0 spiro atoms. The molecule has 2 aromatic carbocycles. The summed E-state index contributed by atoms with van der Waals surface area (Å²) >= 11 is 3.07. The summed E-state index contributed by atoms with van der Waals surface area (Å²) in [6.07, 6.45) is -0.924. The SMILES string of the molecule is O=C(NC(Cc1cccc(F)c1Br)C(=O)O)OCc1ccccc1. The Labute approximate surface area is 146 Å². The summed E-state index contributed by atoms with van der Waals surface area (Å²) in [7, 11) is 0. The first kappa shape index (κ1) is 17.9. The number of ether oxygens (including phenoxy) is 1. The third-order valence-corrected chi connectivity index (χ3v) is 4.15. The Morgan fingerprint density at radius 1 is 1.17 bits per heavy atom. The Bertz CT molecular complexity index is 724. The molecule has 1 unspecified atom stereocenters. The number of rotatable bonds is 6. The van der Waals surface area contributed by atoms with Gasteiger partial charge in [-0.15, -0.1) is 0 Å². The average Bonchev–Trinajstić information content (AvgIpc) is 2.57. The van der Waals surface area contributed by atoms with Crippen LogP contribution in [0.1, 0.15) is 11.1 Å². The zero-order valence-electron chi connectivity index (χ0n) is 12.5. The van der Waals surface area contributed by atoms with E-state index in [2.05, 4.69) is 21.2 Å². The van der Waals surface area contributed by atoms with Crippen LogP contribution in [-0.4, -0.2) is 23.2 Å². The van der Waals surface area contributed by atoms with E-state index in [1.54, 1.807) is 30.3 Å². The van der Waals surface area contributed by atoms with Crippen LogP contribution in [0.15, 0.2) is 53.0 Å². The summed E-state index contributed by atoms with van der Waals surface area (Å²) in [6, 6.07) is 12.1. The molecule has 7 heteroatoms. The van der Waals surface area contributed by atoms with Crippen LogP contribution in [0.3, 0.4) is 0 Å². The summed E-state index contributed by atoms with van der Waals surface area (Å²) in [6.45, 7) is 0.0304. The Balaban J connectivity index is 1.96. The first-order chi connectivity index (χ1) is 11.5. The lowest BCUT2D eigenvalue weighted by Crippen LogP contribution is -2.42. The molecule has 0 aliphatic heterocycles. The lowest BCUT2D eigenvalue weighted by Gasteiger charge is -2.15. The second kappa shape index (κ2) is 8.44. The molecule has 0 fully saturated rings. The minimum absolute atomic E-state index is 0.0304. The number of aliphatic carboxylic acids is 1. The number of carbonyl (C=O) groups excluding carboxylic acids is 1. The van der Waals surface area contributed by atoms with Gasteiger partial charge < -0.3 is 15.2 Å². The van der Waals surface area contributed by atoms with Crippen molar-refractivity contribution in [2.75, 3.05) is 0 Å². The summed E-state index contributed by atoms with van der Waals surface area (Å²) in [5.41, 5.74) is 1.22. The van der Waals surface area contributed by atoms with E-state index >= 15 is 0 Å². The fourth-order valence-corrected chi connectivity index (χ4v) is 2.46. The van der Waals surface area contributed by atoms with Crippen molar-refractivity contribution in [3.8, 4) is 0 Å². The van der Waals surface area contributed by atoms with Crippen LogP contribution in [0.2, 0.25) is 0 Å². The molecule has 2 rings (SSSR count). The van der Waals surface area contributed by atoms with Crippen molar-refractivity contribution < 1.29 is 23.8 Å². The minimum Gasteiger partial charge on any atom is -0.480 e. The van der Waals surface area contributed by atoms with Gasteiger partial charge in [-0.3, -0.25) is 0 Å². The normalized spacial score (nSPS) is 11.6. The quantitative estimate of drug-likeness (QED) is 0.784. The Hall–Kier alpha value is -2.41. The lowest BCUT2D eigenvalue weighted by atomic mass is 10.1. The van der Waals surface area contributed by atoms with E-state index in [0.29, 0.717) is 5.56 Å². The monoisotopic (exact) mass is 395 g/mol. The molecule has 0 saturated carbocycles. The van der Waals surface area contributed by atoms with Crippen LogP contribution in [0.4, 0.5) is 9.18 Å². The molecule has 2 aromatic rings. The molecule has 0 radical (unpaired) electrons. The zero-order valence-corrected chi connectivity index (χ0v) is 14.1. The summed E-state index contributed by atoms with van der Waals surface area (Å²) in [5, 5.41) is 11.5. The van der Waals surface area contributed by atoms with Crippen LogP contribution >= 0.6 is 15.9 Å². The molecule has 0 aliphatic rings. The fraction of sp³-hybridized carbons (Fsp3) is 0.176. The molecule has 5 nitrogen and oxygen atoms in total. The number of carboxylic acid groups (broad SMARTS) is 1. The van der Waals surface area contributed by atoms with Crippen molar-refractivity contribution in [3.05, 3.63) is 69.9 Å². The third kappa shape index (κ3) is 5.06. The molecule has 0 saturated heterocycles. The van der Waals surface area contributed by atoms with Gasteiger partial charge in [0.15, 0.2) is 0 Å². The van der Waals surface area contributed by atoms with Crippen molar-refractivity contribution in [2.24, 2.45) is 0 Å². The number of alkyl carbamates (subject to hydrolysis) is 1. The molecule has 2 N–H and O–H groups in total. The molecule has 0 aliphatic carbocycles. The van der Waals surface area contributed by atoms with Gasteiger partial charge in [-0.05, 0) is 33.1 Å². The number of nitrogens with one attached hydrogen (secondary N) is 1. The Morgan fingerprint density at radius 2 is 1.88 bits per heavy atom. The van der Waals surface area contributed by atoms with E-state index in [9.17, 15) is 19.1 Å². The van der Waals surface area contributed by atoms with Crippen LogP contribution < -0.4 is 5.32 Å². The second-order valence-corrected chi connectivity index (χ2v) is 5.81. The van der Waals surface area contributed by atoms with E-state index in [1.807, 2.05) is 6.07 Å². The molecule has 0 heterocycles. The topological polar surface area (TPSA) is 75.6 Å². The number of carboxylic acids is 1. The number of hydrogen-bond acceptors (Lipinski definition) is 3. The molecule has 1 atom stereocenters.